The number of methoxy groups -OCH3 is 2. The Hall–Kier alpha value is -4.21. The second-order valence-electron chi connectivity index (χ2n) is 7.15. The van der Waals surface area contributed by atoms with Gasteiger partial charge in [-0.05, 0) is 35.0 Å². The zero-order valence-corrected chi connectivity index (χ0v) is 17.1. The first-order chi connectivity index (χ1) is 15.1. The Morgan fingerprint density at radius 1 is 1.03 bits per heavy atom. The van der Waals surface area contributed by atoms with Gasteiger partial charge in [0.25, 0.3) is 5.56 Å². The van der Waals surface area contributed by atoms with Crippen LogP contribution in [-0.2, 0) is 0 Å². The summed E-state index contributed by atoms with van der Waals surface area (Å²) in [5.74, 6) is 1.52. The maximum atomic E-state index is 12.7. The van der Waals surface area contributed by atoms with Gasteiger partial charge in [0.1, 0.15) is 11.7 Å². The number of fused-ring (bicyclic) bond motifs is 2. The Morgan fingerprint density at radius 2 is 1.81 bits per heavy atom. The van der Waals surface area contributed by atoms with E-state index in [1.54, 1.807) is 18.9 Å². The molecule has 0 aliphatic carbocycles. The zero-order chi connectivity index (χ0) is 21.5. The third-order valence-corrected chi connectivity index (χ3v) is 5.32. The highest BCUT2D eigenvalue weighted by molar-refractivity contribution is 5.75. The first-order valence-corrected chi connectivity index (χ1v) is 9.57. The van der Waals surface area contributed by atoms with Crippen molar-refractivity contribution in [2.24, 2.45) is 0 Å². The van der Waals surface area contributed by atoms with Crippen molar-refractivity contribution >= 4 is 11.6 Å². The molecule has 10 nitrogen and oxygen atoms in total. The van der Waals surface area contributed by atoms with E-state index in [2.05, 4.69) is 31.0 Å². The van der Waals surface area contributed by atoms with E-state index < -0.39 is 6.04 Å². The Bertz CT molecular complexity index is 1330. The van der Waals surface area contributed by atoms with E-state index in [1.165, 1.54) is 0 Å². The highest BCUT2D eigenvalue weighted by atomic mass is 16.5. The average Bonchev–Trinajstić information content (AvgIpc) is 3.27. The number of aromatic nitrogens is 6. The molecule has 5 rings (SSSR count). The monoisotopic (exact) mass is 417 g/mol. The molecular weight excluding hydrogens is 398 g/mol. The topological polar surface area (TPSA) is 120 Å². The molecule has 0 saturated heterocycles. The van der Waals surface area contributed by atoms with Gasteiger partial charge in [-0.25, -0.2) is 5.10 Å². The van der Waals surface area contributed by atoms with Gasteiger partial charge in [-0.2, -0.15) is 9.78 Å². The van der Waals surface area contributed by atoms with Crippen LogP contribution in [0.5, 0.6) is 11.5 Å². The number of aromatic amines is 1. The Labute approximate surface area is 176 Å². The molecular formula is C21H19N7O3. The number of ether oxygens (including phenoxy) is 2. The SMILES string of the molecule is COc1ccc([C@@H]2c3c(-c4ccc(C)cc4)n[nH]c(=O)c3Nc3nnnn32)cc1OC. The molecule has 31 heavy (non-hydrogen) atoms. The summed E-state index contributed by atoms with van der Waals surface area (Å²) in [6.45, 7) is 2.01. The second-order valence-corrected chi connectivity index (χ2v) is 7.15. The van der Waals surface area contributed by atoms with Crippen LogP contribution >= 0.6 is 0 Å². The van der Waals surface area contributed by atoms with Gasteiger partial charge in [0.05, 0.1) is 19.9 Å². The fourth-order valence-corrected chi connectivity index (χ4v) is 3.80. The van der Waals surface area contributed by atoms with E-state index in [1.807, 2.05) is 49.4 Å². The van der Waals surface area contributed by atoms with Gasteiger partial charge in [0.15, 0.2) is 11.5 Å². The average molecular weight is 417 g/mol. The predicted molar refractivity (Wildman–Crippen MR) is 113 cm³/mol. The van der Waals surface area contributed by atoms with Crippen molar-refractivity contribution < 1.29 is 9.47 Å². The fraction of sp³-hybridized carbons (Fsp3) is 0.190. The lowest BCUT2D eigenvalue weighted by Crippen LogP contribution is -2.29. The molecule has 0 bridgehead atoms. The fourth-order valence-electron chi connectivity index (χ4n) is 3.80. The smallest absolute Gasteiger partial charge is 0.288 e. The molecule has 2 aromatic heterocycles. The summed E-state index contributed by atoms with van der Waals surface area (Å²) < 4.78 is 12.5. The molecule has 4 aromatic rings. The molecule has 1 aliphatic rings. The molecule has 3 heterocycles. The van der Waals surface area contributed by atoms with Crippen molar-refractivity contribution in [3.05, 3.63) is 69.5 Å². The maximum Gasteiger partial charge on any atom is 0.288 e. The molecule has 0 radical (unpaired) electrons. The summed E-state index contributed by atoms with van der Waals surface area (Å²) >= 11 is 0. The van der Waals surface area contributed by atoms with Crippen molar-refractivity contribution in [3.8, 4) is 22.8 Å². The Morgan fingerprint density at radius 3 is 2.55 bits per heavy atom. The van der Waals surface area contributed by atoms with E-state index in [0.717, 1.165) is 16.7 Å². The third kappa shape index (κ3) is 3.00. The van der Waals surface area contributed by atoms with Crippen molar-refractivity contribution in [1.82, 2.24) is 30.4 Å². The summed E-state index contributed by atoms with van der Waals surface area (Å²) in [7, 11) is 3.15. The van der Waals surface area contributed by atoms with Crippen LogP contribution in [0.3, 0.4) is 0 Å². The summed E-state index contributed by atoms with van der Waals surface area (Å²) in [5, 5.41) is 22.0. The molecule has 2 aromatic carbocycles. The van der Waals surface area contributed by atoms with Crippen LogP contribution in [0.4, 0.5) is 11.6 Å². The Kier molecular flexibility index (Phi) is 4.39. The molecule has 1 atom stereocenters. The number of tetrazole rings is 1. The maximum absolute atomic E-state index is 12.7. The van der Waals surface area contributed by atoms with Crippen molar-refractivity contribution in [1.29, 1.82) is 0 Å². The third-order valence-electron chi connectivity index (χ3n) is 5.32. The number of hydrogen-bond donors (Lipinski definition) is 2. The normalized spacial score (nSPS) is 14.4. The summed E-state index contributed by atoms with van der Waals surface area (Å²) in [5.41, 5.74) is 4.09. The van der Waals surface area contributed by atoms with E-state index >= 15 is 0 Å². The van der Waals surface area contributed by atoms with E-state index in [0.29, 0.717) is 34.4 Å². The predicted octanol–water partition coefficient (Wildman–Crippen LogP) is 2.44. The number of hydrogen-bond acceptors (Lipinski definition) is 8. The van der Waals surface area contributed by atoms with Crippen LogP contribution in [0.15, 0.2) is 47.3 Å². The summed E-state index contributed by atoms with van der Waals surface area (Å²) in [6.07, 6.45) is 0. The minimum atomic E-state index is -0.507. The molecule has 0 amide bonds. The molecule has 1 aliphatic heterocycles. The summed E-state index contributed by atoms with van der Waals surface area (Å²) in [6, 6.07) is 13.0. The van der Waals surface area contributed by atoms with Crippen molar-refractivity contribution in [2.75, 3.05) is 19.5 Å². The van der Waals surface area contributed by atoms with Crippen LogP contribution in [0.1, 0.15) is 22.7 Å². The van der Waals surface area contributed by atoms with Gasteiger partial charge in [-0.1, -0.05) is 41.0 Å². The molecule has 0 spiro atoms. The lowest BCUT2D eigenvalue weighted by atomic mass is 9.92. The van der Waals surface area contributed by atoms with Gasteiger partial charge in [0.2, 0.25) is 5.95 Å². The number of rotatable bonds is 4. The molecule has 2 N–H and O–H groups in total. The molecule has 0 saturated carbocycles. The van der Waals surface area contributed by atoms with Crippen LogP contribution in [0, 0.1) is 6.92 Å². The number of aryl methyl sites for hydroxylation is 1. The van der Waals surface area contributed by atoms with Crippen LogP contribution in [0.2, 0.25) is 0 Å². The highest BCUT2D eigenvalue weighted by Gasteiger charge is 2.34. The standard InChI is InChI=1S/C21H19N7O3/c1-11-4-6-12(7-5-11)17-16-18(20(29)24-23-17)22-21-25-26-27-28(21)19(16)13-8-9-14(30-2)15(10-13)31-3/h4-10,19H,1-3H3,(H,24,29)(H,22,25,27)/t19-/m1/s1. The minimum absolute atomic E-state index is 0.354. The van der Waals surface area contributed by atoms with Gasteiger partial charge in [0, 0.05) is 11.1 Å². The van der Waals surface area contributed by atoms with Gasteiger partial charge < -0.3 is 14.8 Å². The number of anilines is 2. The number of nitrogens with one attached hydrogen (secondary N) is 2. The zero-order valence-electron chi connectivity index (χ0n) is 17.1. The summed E-state index contributed by atoms with van der Waals surface area (Å²) in [4.78, 5) is 12.7. The van der Waals surface area contributed by atoms with Gasteiger partial charge >= 0.3 is 0 Å². The molecule has 0 unspecified atom stereocenters. The number of benzene rings is 2. The Balaban J connectivity index is 1.79. The van der Waals surface area contributed by atoms with E-state index in [-0.39, 0.29) is 5.56 Å². The first-order valence-electron chi connectivity index (χ1n) is 9.57. The molecule has 10 heteroatoms. The second kappa shape index (κ2) is 7.24. The lowest BCUT2D eigenvalue weighted by molar-refractivity contribution is 0.354. The largest absolute Gasteiger partial charge is 0.493 e. The van der Waals surface area contributed by atoms with Crippen LogP contribution in [-0.4, -0.2) is 44.6 Å². The number of H-pyrrole nitrogens is 1. The van der Waals surface area contributed by atoms with Crippen molar-refractivity contribution in [2.45, 2.75) is 13.0 Å². The van der Waals surface area contributed by atoms with Crippen LogP contribution in [0.25, 0.3) is 11.3 Å². The van der Waals surface area contributed by atoms with Crippen LogP contribution < -0.4 is 20.3 Å². The van der Waals surface area contributed by atoms with Gasteiger partial charge in [-0.15, -0.1) is 0 Å². The van der Waals surface area contributed by atoms with E-state index in [9.17, 15) is 4.79 Å². The number of nitrogens with zero attached hydrogens (tertiary/aromatic N) is 5. The lowest BCUT2D eigenvalue weighted by Gasteiger charge is -2.28. The minimum Gasteiger partial charge on any atom is -0.493 e. The molecule has 156 valence electrons. The van der Waals surface area contributed by atoms with Crippen molar-refractivity contribution in [3.63, 3.8) is 0 Å². The van der Waals surface area contributed by atoms with Gasteiger partial charge in [-0.3, -0.25) is 4.79 Å². The van der Waals surface area contributed by atoms with E-state index in [4.69, 9.17) is 9.47 Å². The quantitative estimate of drug-likeness (QED) is 0.458. The highest BCUT2D eigenvalue weighted by Crippen LogP contribution is 2.42. The molecule has 0 fully saturated rings. The first kappa shape index (κ1) is 18.8.